The van der Waals surface area contributed by atoms with Gasteiger partial charge in [-0.25, -0.2) is 4.98 Å². The molecule has 6 heteroatoms. The fourth-order valence-electron chi connectivity index (χ4n) is 3.40. The van der Waals surface area contributed by atoms with Gasteiger partial charge in [-0.05, 0) is 31.5 Å². The molecule has 0 aliphatic carbocycles. The summed E-state index contributed by atoms with van der Waals surface area (Å²) in [4.78, 5) is 21.3. The van der Waals surface area contributed by atoms with Gasteiger partial charge in [-0.2, -0.15) is 0 Å². The van der Waals surface area contributed by atoms with Crippen molar-refractivity contribution < 1.29 is 14.3 Å². The largest absolute Gasteiger partial charge is 0.507 e. The Hall–Kier alpha value is -2.08. The second kappa shape index (κ2) is 7.21. The number of unbranched alkanes of at least 4 members (excludes halogenated alkanes) is 1. The van der Waals surface area contributed by atoms with E-state index in [-0.39, 0.29) is 17.2 Å². The van der Waals surface area contributed by atoms with Crippen molar-refractivity contribution in [3.05, 3.63) is 24.1 Å². The third-order valence-electron chi connectivity index (χ3n) is 4.85. The van der Waals surface area contributed by atoms with Crippen LogP contribution in [-0.2, 0) is 0 Å². The van der Waals surface area contributed by atoms with Crippen LogP contribution >= 0.6 is 0 Å². The Morgan fingerprint density at radius 1 is 1.38 bits per heavy atom. The number of carbonyl (C=O) groups is 1. The maximum absolute atomic E-state index is 13.0. The van der Waals surface area contributed by atoms with Gasteiger partial charge >= 0.3 is 0 Å². The maximum atomic E-state index is 13.0. The number of benzene rings is 1. The summed E-state index contributed by atoms with van der Waals surface area (Å²) < 4.78 is 5.34. The van der Waals surface area contributed by atoms with Crippen LogP contribution in [0.25, 0.3) is 11.1 Å². The average Bonchev–Trinajstić information content (AvgIpc) is 3.07. The highest BCUT2D eigenvalue weighted by atomic mass is 16.3. The number of hydrogen-bond acceptors (Lipinski definition) is 5. The summed E-state index contributed by atoms with van der Waals surface area (Å²) >= 11 is 0. The van der Waals surface area contributed by atoms with Crippen molar-refractivity contribution in [2.45, 2.75) is 39.2 Å². The summed E-state index contributed by atoms with van der Waals surface area (Å²) in [6.07, 6.45) is 4.67. The van der Waals surface area contributed by atoms with Gasteiger partial charge in [0.05, 0.1) is 0 Å². The molecule has 3 rings (SSSR count). The molecule has 1 fully saturated rings. The van der Waals surface area contributed by atoms with Crippen molar-refractivity contribution >= 4 is 17.0 Å². The average molecular weight is 331 g/mol. The van der Waals surface area contributed by atoms with Crippen LogP contribution in [0.3, 0.4) is 0 Å². The van der Waals surface area contributed by atoms with Crippen LogP contribution in [0.4, 0.5) is 0 Å². The zero-order valence-corrected chi connectivity index (χ0v) is 14.4. The number of hydrogen-bond donors (Lipinski definition) is 1. The van der Waals surface area contributed by atoms with Crippen LogP contribution < -0.4 is 0 Å². The first-order valence-electron chi connectivity index (χ1n) is 8.74. The lowest BCUT2D eigenvalue weighted by Crippen LogP contribution is -2.54. The lowest BCUT2D eigenvalue weighted by atomic mass is 10.1. The van der Waals surface area contributed by atoms with E-state index in [9.17, 15) is 9.90 Å². The number of carbonyl (C=O) groups excluding carboxylic acids is 1. The van der Waals surface area contributed by atoms with E-state index in [0.717, 1.165) is 19.5 Å². The molecule has 1 N–H and O–H groups in total. The van der Waals surface area contributed by atoms with E-state index in [2.05, 4.69) is 23.7 Å². The Morgan fingerprint density at radius 3 is 2.96 bits per heavy atom. The van der Waals surface area contributed by atoms with Gasteiger partial charge in [0, 0.05) is 25.7 Å². The Labute approximate surface area is 142 Å². The van der Waals surface area contributed by atoms with Crippen molar-refractivity contribution in [3.63, 3.8) is 0 Å². The number of fused-ring (bicyclic) bond motifs is 1. The molecule has 1 aliphatic heterocycles. The quantitative estimate of drug-likeness (QED) is 0.912. The van der Waals surface area contributed by atoms with Gasteiger partial charge in [-0.1, -0.05) is 20.3 Å². The van der Waals surface area contributed by atoms with Gasteiger partial charge in [-0.15, -0.1) is 0 Å². The number of oxazole rings is 1. The first-order chi connectivity index (χ1) is 11.7. The monoisotopic (exact) mass is 331 g/mol. The third-order valence-corrected chi connectivity index (χ3v) is 4.85. The number of nitrogens with zero attached hydrogens (tertiary/aromatic N) is 3. The molecule has 1 saturated heterocycles. The first kappa shape index (κ1) is 16.8. The van der Waals surface area contributed by atoms with E-state index in [1.807, 2.05) is 4.90 Å². The smallest absolute Gasteiger partial charge is 0.261 e. The van der Waals surface area contributed by atoms with Crippen LogP contribution in [0.2, 0.25) is 0 Å². The van der Waals surface area contributed by atoms with E-state index < -0.39 is 0 Å². The van der Waals surface area contributed by atoms with Gasteiger partial charge in [0.15, 0.2) is 12.0 Å². The molecule has 1 amide bonds. The molecule has 1 aromatic carbocycles. The Kier molecular flexibility index (Phi) is 5.04. The summed E-state index contributed by atoms with van der Waals surface area (Å²) in [5, 5.41) is 10.2. The van der Waals surface area contributed by atoms with Crippen molar-refractivity contribution in [3.8, 4) is 5.75 Å². The van der Waals surface area contributed by atoms with Gasteiger partial charge < -0.3 is 14.4 Å². The Morgan fingerprint density at radius 2 is 2.21 bits per heavy atom. The standard InChI is InChI=1S/C18H25N3O3/c1-3-5-8-20-9-10-21(11-13(20)4-2)18(23)16-15(22)7-6-14-17(16)24-12-19-14/h6-7,12-13,22H,3-5,8-11H2,1-2H3. The second-order valence-corrected chi connectivity index (χ2v) is 6.36. The van der Waals surface area contributed by atoms with Crippen molar-refractivity contribution in [2.24, 2.45) is 0 Å². The van der Waals surface area contributed by atoms with Crippen LogP contribution in [0.5, 0.6) is 5.75 Å². The molecule has 2 heterocycles. The summed E-state index contributed by atoms with van der Waals surface area (Å²) in [6, 6.07) is 3.53. The van der Waals surface area contributed by atoms with Crippen LogP contribution in [-0.4, -0.2) is 58.0 Å². The van der Waals surface area contributed by atoms with E-state index in [0.29, 0.717) is 30.2 Å². The molecule has 0 spiro atoms. The van der Waals surface area contributed by atoms with Crippen LogP contribution in [0, 0.1) is 0 Å². The zero-order chi connectivity index (χ0) is 17.1. The Bertz CT molecular complexity index is 713. The highest BCUT2D eigenvalue weighted by Crippen LogP contribution is 2.28. The topological polar surface area (TPSA) is 69.8 Å². The van der Waals surface area contributed by atoms with Crippen molar-refractivity contribution in [2.75, 3.05) is 26.2 Å². The van der Waals surface area contributed by atoms with Gasteiger partial charge in [0.2, 0.25) is 0 Å². The predicted octanol–water partition coefficient (Wildman–Crippen LogP) is 2.87. The number of aromatic nitrogens is 1. The molecule has 0 saturated carbocycles. The van der Waals surface area contributed by atoms with Gasteiger partial charge in [0.25, 0.3) is 5.91 Å². The Balaban J connectivity index is 1.80. The molecule has 24 heavy (non-hydrogen) atoms. The predicted molar refractivity (Wildman–Crippen MR) is 92.1 cm³/mol. The van der Waals surface area contributed by atoms with E-state index in [1.165, 1.54) is 25.3 Å². The summed E-state index contributed by atoms with van der Waals surface area (Å²) in [5.41, 5.74) is 1.17. The summed E-state index contributed by atoms with van der Waals surface area (Å²) in [7, 11) is 0. The maximum Gasteiger partial charge on any atom is 0.261 e. The summed E-state index contributed by atoms with van der Waals surface area (Å²) in [5.74, 6) is -0.228. The van der Waals surface area contributed by atoms with E-state index in [4.69, 9.17) is 4.42 Å². The molecular formula is C18H25N3O3. The molecule has 0 radical (unpaired) electrons. The number of phenols is 1. The minimum Gasteiger partial charge on any atom is -0.507 e. The molecule has 1 aliphatic rings. The lowest BCUT2D eigenvalue weighted by Gasteiger charge is -2.41. The van der Waals surface area contributed by atoms with Gasteiger partial charge in [0.1, 0.15) is 16.8 Å². The molecule has 1 aromatic heterocycles. The second-order valence-electron chi connectivity index (χ2n) is 6.36. The normalized spacial score (nSPS) is 19.1. The first-order valence-corrected chi connectivity index (χ1v) is 8.74. The van der Waals surface area contributed by atoms with Crippen molar-refractivity contribution in [1.82, 2.24) is 14.8 Å². The van der Waals surface area contributed by atoms with Crippen LogP contribution in [0.1, 0.15) is 43.5 Å². The SMILES string of the molecule is CCCCN1CCN(C(=O)c2c(O)ccc3ncoc23)CC1CC. The number of phenolic OH excluding ortho intramolecular Hbond substituents is 1. The molecule has 0 bridgehead atoms. The zero-order valence-electron chi connectivity index (χ0n) is 14.4. The van der Waals surface area contributed by atoms with Crippen LogP contribution in [0.15, 0.2) is 22.9 Å². The fraction of sp³-hybridized carbons (Fsp3) is 0.556. The summed E-state index contributed by atoms with van der Waals surface area (Å²) in [6.45, 7) is 7.66. The molecule has 2 aromatic rings. The number of aromatic hydroxyl groups is 1. The number of amides is 1. The minimum atomic E-state index is -0.177. The molecule has 130 valence electrons. The third kappa shape index (κ3) is 3.11. The molecular weight excluding hydrogens is 306 g/mol. The van der Waals surface area contributed by atoms with E-state index in [1.54, 1.807) is 6.07 Å². The van der Waals surface area contributed by atoms with Crippen molar-refractivity contribution in [1.29, 1.82) is 0 Å². The molecule has 1 atom stereocenters. The van der Waals surface area contributed by atoms with E-state index >= 15 is 0 Å². The fourth-order valence-corrected chi connectivity index (χ4v) is 3.40. The van der Waals surface area contributed by atoms with Gasteiger partial charge in [-0.3, -0.25) is 9.69 Å². The lowest BCUT2D eigenvalue weighted by molar-refractivity contribution is 0.0469. The minimum absolute atomic E-state index is 0.0503. The highest BCUT2D eigenvalue weighted by molar-refractivity contribution is 6.06. The molecule has 6 nitrogen and oxygen atoms in total. The molecule has 1 unspecified atom stereocenters. The number of piperazine rings is 1. The highest BCUT2D eigenvalue weighted by Gasteiger charge is 2.31. The number of rotatable bonds is 5.